The number of thiophene rings is 1. The maximum Gasteiger partial charge on any atom is 0.0554 e. The zero-order valence-corrected chi connectivity index (χ0v) is 29.2. The minimum Gasteiger partial charge on any atom is -0.310 e. The van der Waals surface area contributed by atoms with Crippen LogP contribution in [0.4, 0.5) is 17.1 Å². The van der Waals surface area contributed by atoms with Crippen molar-refractivity contribution in [1.82, 2.24) is 0 Å². The van der Waals surface area contributed by atoms with Gasteiger partial charge in [0, 0.05) is 31.5 Å². The second kappa shape index (κ2) is 12.7. The average Bonchev–Trinajstić information content (AvgIpc) is 3.61. The number of hydrogen-bond acceptors (Lipinski definition) is 2. The highest BCUT2D eigenvalue weighted by atomic mass is 32.1. The molecule has 0 amide bonds. The van der Waals surface area contributed by atoms with Gasteiger partial charge in [-0.25, -0.2) is 0 Å². The second-order valence-corrected chi connectivity index (χ2v) is 14.4. The molecule has 1 heterocycles. The van der Waals surface area contributed by atoms with Crippen molar-refractivity contribution in [2.75, 3.05) is 4.90 Å². The summed E-state index contributed by atoms with van der Waals surface area (Å²) in [6, 6.07) is 72.9. The van der Waals surface area contributed by atoms with Gasteiger partial charge in [0.2, 0.25) is 0 Å². The van der Waals surface area contributed by atoms with Crippen LogP contribution in [0.3, 0.4) is 0 Å². The summed E-state index contributed by atoms with van der Waals surface area (Å²) in [7, 11) is 0. The van der Waals surface area contributed by atoms with Gasteiger partial charge in [-0.2, -0.15) is 0 Å². The highest BCUT2D eigenvalue weighted by Crippen LogP contribution is 2.45. The van der Waals surface area contributed by atoms with Crippen LogP contribution >= 0.6 is 11.3 Å². The Morgan fingerprint density at radius 3 is 1.63 bits per heavy atom. The number of benzene rings is 9. The lowest BCUT2D eigenvalue weighted by atomic mass is 9.95. The molecule has 0 spiro atoms. The van der Waals surface area contributed by atoms with Gasteiger partial charge in [-0.3, -0.25) is 0 Å². The lowest BCUT2D eigenvalue weighted by Gasteiger charge is -2.27. The van der Waals surface area contributed by atoms with Gasteiger partial charge in [0.1, 0.15) is 0 Å². The van der Waals surface area contributed by atoms with Gasteiger partial charge in [0.05, 0.1) is 5.69 Å². The fraction of sp³-hybridized carbons (Fsp3) is 0. The molecule has 0 unspecified atom stereocenters. The average molecular weight is 680 g/mol. The highest BCUT2D eigenvalue weighted by Gasteiger charge is 2.19. The number of hydrogen-bond donors (Lipinski definition) is 0. The van der Waals surface area contributed by atoms with E-state index in [-0.39, 0.29) is 0 Å². The number of fused-ring (bicyclic) bond motifs is 5. The maximum absolute atomic E-state index is 2.42. The molecule has 1 aromatic heterocycles. The fourth-order valence-corrected chi connectivity index (χ4v) is 8.89. The van der Waals surface area contributed by atoms with E-state index in [0.717, 1.165) is 11.4 Å². The van der Waals surface area contributed by atoms with Crippen LogP contribution in [0, 0.1) is 0 Å². The number of nitrogens with zero attached hydrogens (tertiary/aromatic N) is 1. The molecule has 0 saturated carbocycles. The van der Waals surface area contributed by atoms with E-state index in [0.29, 0.717) is 0 Å². The summed E-state index contributed by atoms with van der Waals surface area (Å²) in [5, 5.41) is 7.61. The molecule has 0 fully saturated rings. The zero-order chi connectivity index (χ0) is 34.4. The molecule has 0 bridgehead atoms. The molecule has 0 aliphatic rings. The molecule has 52 heavy (non-hydrogen) atoms. The quantitative estimate of drug-likeness (QED) is 0.169. The van der Waals surface area contributed by atoms with E-state index in [1.165, 1.54) is 80.8 Å². The minimum atomic E-state index is 1.12. The standard InChI is InChI=1S/C50H33NS/c1-2-11-35(12-3-1)44-19-9-15-37-23-24-39(33-46(37)44)34-25-29-40(30-26-34)51(47-20-10-22-49-50(47)45-17-6-7-21-48(45)52-49)41-31-27-38(28-32-41)43-18-8-14-36-13-4-5-16-42(36)43/h1-33H. The summed E-state index contributed by atoms with van der Waals surface area (Å²) < 4.78 is 2.59. The van der Waals surface area contributed by atoms with Gasteiger partial charge in [0.15, 0.2) is 0 Å². The third kappa shape index (κ3) is 5.24. The van der Waals surface area contributed by atoms with E-state index in [1.54, 1.807) is 0 Å². The van der Waals surface area contributed by atoms with E-state index in [1.807, 2.05) is 11.3 Å². The van der Waals surface area contributed by atoms with Crippen molar-refractivity contribution in [1.29, 1.82) is 0 Å². The smallest absolute Gasteiger partial charge is 0.0554 e. The first-order chi connectivity index (χ1) is 25.8. The SMILES string of the molecule is c1ccc(-c2cccc3ccc(-c4ccc(N(c5ccc(-c6cccc7ccccc67)cc5)c5cccc6sc7ccccc7c56)cc4)cc23)cc1. The summed E-state index contributed by atoms with van der Waals surface area (Å²) in [5.74, 6) is 0. The van der Waals surface area contributed by atoms with Gasteiger partial charge in [-0.15, -0.1) is 11.3 Å². The molecule has 9 aromatic carbocycles. The molecule has 0 aliphatic heterocycles. The lowest BCUT2D eigenvalue weighted by molar-refractivity contribution is 1.30. The largest absolute Gasteiger partial charge is 0.310 e. The maximum atomic E-state index is 2.42. The van der Waals surface area contributed by atoms with E-state index < -0.39 is 0 Å². The Morgan fingerprint density at radius 2 is 0.865 bits per heavy atom. The molecule has 1 nitrogen and oxygen atoms in total. The molecule has 10 aromatic rings. The Hall–Kier alpha value is -6.48. The van der Waals surface area contributed by atoms with Gasteiger partial charge in [-0.05, 0) is 103 Å². The summed E-state index contributed by atoms with van der Waals surface area (Å²) in [5.41, 5.74) is 10.8. The molecule has 0 N–H and O–H groups in total. The number of rotatable bonds is 6. The van der Waals surface area contributed by atoms with Crippen molar-refractivity contribution in [3.05, 3.63) is 200 Å². The summed E-state index contributed by atoms with van der Waals surface area (Å²) in [4.78, 5) is 2.42. The summed E-state index contributed by atoms with van der Waals surface area (Å²) >= 11 is 1.86. The molecule has 2 heteroatoms. The molecule has 0 atom stereocenters. The monoisotopic (exact) mass is 679 g/mol. The third-order valence-corrected chi connectivity index (χ3v) is 11.4. The molecule has 244 valence electrons. The molecule has 0 saturated heterocycles. The molecule has 10 rings (SSSR count). The molecule has 0 aliphatic carbocycles. The van der Waals surface area contributed by atoms with Crippen LogP contribution in [0.2, 0.25) is 0 Å². The Labute approximate surface area is 307 Å². The Kier molecular flexibility index (Phi) is 7.41. The Morgan fingerprint density at radius 1 is 0.327 bits per heavy atom. The van der Waals surface area contributed by atoms with E-state index in [4.69, 9.17) is 0 Å². The van der Waals surface area contributed by atoms with Crippen molar-refractivity contribution in [2.45, 2.75) is 0 Å². The summed E-state index contributed by atoms with van der Waals surface area (Å²) in [6.07, 6.45) is 0. The van der Waals surface area contributed by atoms with Crippen molar-refractivity contribution in [3.8, 4) is 33.4 Å². The van der Waals surface area contributed by atoms with Crippen LogP contribution in [0.15, 0.2) is 200 Å². The molecular formula is C50H33NS. The van der Waals surface area contributed by atoms with Gasteiger partial charge < -0.3 is 4.90 Å². The van der Waals surface area contributed by atoms with E-state index in [9.17, 15) is 0 Å². The van der Waals surface area contributed by atoms with Crippen LogP contribution in [-0.4, -0.2) is 0 Å². The first-order valence-corrected chi connectivity index (χ1v) is 18.6. The highest BCUT2D eigenvalue weighted by molar-refractivity contribution is 7.26. The predicted octanol–water partition coefficient (Wildman–Crippen LogP) is 14.8. The van der Waals surface area contributed by atoms with Crippen LogP contribution in [0.25, 0.3) is 75.1 Å². The first kappa shape index (κ1) is 30.4. The second-order valence-electron chi connectivity index (χ2n) is 13.3. The van der Waals surface area contributed by atoms with Crippen molar-refractivity contribution < 1.29 is 0 Å². The van der Waals surface area contributed by atoms with Gasteiger partial charge >= 0.3 is 0 Å². The van der Waals surface area contributed by atoms with Crippen molar-refractivity contribution in [3.63, 3.8) is 0 Å². The van der Waals surface area contributed by atoms with Crippen LogP contribution in [0.1, 0.15) is 0 Å². The topological polar surface area (TPSA) is 3.24 Å². The minimum absolute atomic E-state index is 1.12. The number of anilines is 3. The van der Waals surface area contributed by atoms with E-state index >= 15 is 0 Å². The first-order valence-electron chi connectivity index (χ1n) is 17.8. The van der Waals surface area contributed by atoms with Crippen LogP contribution in [0.5, 0.6) is 0 Å². The van der Waals surface area contributed by atoms with Crippen LogP contribution in [-0.2, 0) is 0 Å². The van der Waals surface area contributed by atoms with Crippen molar-refractivity contribution in [2.24, 2.45) is 0 Å². The van der Waals surface area contributed by atoms with Crippen molar-refractivity contribution >= 4 is 70.1 Å². The Bertz CT molecular complexity index is 2880. The Balaban J connectivity index is 1.10. The predicted molar refractivity (Wildman–Crippen MR) is 225 cm³/mol. The van der Waals surface area contributed by atoms with Gasteiger partial charge in [0.25, 0.3) is 0 Å². The lowest BCUT2D eigenvalue weighted by Crippen LogP contribution is -2.10. The molecular weight excluding hydrogens is 647 g/mol. The third-order valence-electron chi connectivity index (χ3n) is 10.3. The normalized spacial score (nSPS) is 11.5. The van der Waals surface area contributed by atoms with E-state index in [2.05, 4.69) is 205 Å². The van der Waals surface area contributed by atoms with Gasteiger partial charge in [-0.1, -0.05) is 152 Å². The summed E-state index contributed by atoms with van der Waals surface area (Å²) in [6.45, 7) is 0. The zero-order valence-electron chi connectivity index (χ0n) is 28.4. The fourth-order valence-electron chi connectivity index (χ4n) is 7.76. The van der Waals surface area contributed by atoms with Crippen LogP contribution < -0.4 is 4.90 Å². The molecule has 0 radical (unpaired) electrons.